The van der Waals surface area contributed by atoms with Crippen LogP contribution in [0.25, 0.3) is 10.9 Å². The van der Waals surface area contributed by atoms with E-state index in [4.69, 9.17) is 11.6 Å². The summed E-state index contributed by atoms with van der Waals surface area (Å²) in [6.07, 6.45) is 3.19. The Hall–Kier alpha value is -0.990. The van der Waals surface area contributed by atoms with Gasteiger partial charge in [0.2, 0.25) is 0 Å². The van der Waals surface area contributed by atoms with Crippen molar-refractivity contribution in [2.45, 2.75) is 19.4 Å². The molecule has 16 heavy (non-hydrogen) atoms. The Morgan fingerprint density at radius 2 is 2.25 bits per heavy atom. The normalized spacial score (nSPS) is 21.3. The Balaban J connectivity index is 2.36. The van der Waals surface area contributed by atoms with Crippen molar-refractivity contribution in [2.75, 3.05) is 13.6 Å². The van der Waals surface area contributed by atoms with E-state index in [0.717, 1.165) is 23.5 Å². The number of nitrogens with zero attached hydrogens (tertiary/aromatic N) is 1. The van der Waals surface area contributed by atoms with Crippen molar-refractivity contribution in [1.29, 1.82) is 0 Å². The average Bonchev–Trinajstić information content (AvgIpc) is 2.66. The molecule has 1 N–H and O–H groups in total. The number of benzene rings is 1. The van der Waals surface area contributed by atoms with Gasteiger partial charge in [0.1, 0.15) is 0 Å². The van der Waals surface area contributed by atoms with Gasteiger partial charge >= 0.3 is 0 Å². The Bertz CT molecular complexity index is 544. The van der Waals surface area contributed by atoms with Crippen LogP contribution in [0.4, 0.5) is 0 Å². The third-order valence-electron chi connectivity index (χ3n) is 3.74. The van der Waals surface area contributed by atoms with Gasteiger partial charge in [-0.15, -0.1) is 0 Å². The molecular weight excluding hydrogens is 220 g/mol. The van der Waals surface area contributed by atoms with Crippen LogP contribution in [-0.2, 0) is 6.42 Å². The molecule has 0 radical (unpaired) electrons. The lowest BCUT2D eigenvalue weighted by molar-refractivity contribution is 0.270. The van der Waals surface area contributed by atoms with E-state index >= 15 is 0 Å². The van der Waals surface area contributed by atoms with E-state index in [0.29, 0.717) is 6.04 Å². The molecule has 3 heteroatoms. The van der Waals surface area contributed by atoms with Gasteiger partial charge in [0.15, 0.2) is 0 Å². The van der Waals surface area contributed by atoms with Gasteiger partial charge < -0.3 is 4.98 Å². The molecule has 2 heterocycles. The molecule has 0 saturated carbocycles. The Kier molecular flexibility index (Phi) is 2.23. The maximum absolute atomic E-state index is 6.22. The summed E-state index contributed by atoms with van der Waals surface area (Å²) < 4.78 is 0. The zero-order valence-electron chi connectivity index (χ0n) is 9.55. The van der Waals surface area contributed by atoms with Gasteiger partial charge in [0, 0.05) is 24.2 Å². The number of H-pyrrole nitrogens is 1. The summed E-state index contributed by atoms with van der Waals surface area (Å²) in [4.78, 5) is 5.69. The van der Waals surface area contributed by atoms with Gasteiger partial charge in [-0.05, 0) is 37.6 Å². The summed E-state index contributed by atoms with van der Waals surface area (Å²) in [5, 5.41) is 2.16. The lowest BCUT2D eigenvalue weighted by atomic mass is 10.0. The summed E-state index contributed by atoms with van der Waals surface area (Å²) >= 11 is 6.22. The van der Waals surface area contributed by atoms with Crippen LogP contribution in [0.3, 0.4) is 0 Å². The first kappa shape index (κ1) is 10.2. The molecular formula is C13H15ClN2. The zero-order chi connectivity index (χ0) is 11.3. The van der Waals surface area contributed by atoms with E-state index in [2.05, 4.69) is 36.1 Å². The molecule has 0 aliphatic carbocycles. The van der Waals surface area contributed by atoms with Crippen LogP contribution >= 0.6 is 11.6 Å². The van der Waals surface area contributed by atoms with E-state index < -0.39 is 0 Å². The van der Waals surface area contributed by atoms with Crippen LogP contribution in [0.2, 0.25) is 5.02 Å². The summed E-state index contributed by atoms with van der Waals surface area (Å²) in [5.74, 6) is 0. The fourth-order valence-electron chi connectivity index (χ4n) is 2.59. The molecule has 1 unspecified atom stereocenters. The van der Waals surface area contributed by atoms with Crippen LogP contribution < -0.4 is 0 Å². The minimum atomic E-state index is 0.455. The predicted octanol–water partition coefficient (Wildman–Crippen LogP) is 3.37. The molecule has 2 aromatic rings. The number of nitrogens with one attached hydrogen (secondary N) is 1. The zero-order valence-corrected chi connectivity index (χ0v) is 10.3. The Morgan fingerprint density at radius 3 is 3.06 bits per heavy atom. The summed E-state index contributed by atoms with van der Waals surface area (Å²) in [6.45, 7) is 3.35. The number of likely N-dealkylation sites (N-methyl/N-ethyl adjacent to an activating group) is 1. The number of aromatic amines is 1. The molecule has 1 aliphatic heterocycles. The standard InChI is InChI=1S/C13H15ClN2/c1-8-10-3-4-11(14)13-12(10)9(7-15-13)5-6-16(8)2/h3-4,7-8,15H,5-6H2,1-2H3. The van der Waals surface area contributed by atoms with Crippen LogP contribution in [0, 0.1) is 0 Å². The second kappa shape index (κ2) is 3.51. The molecule has 0 saturated heterocycles. The minimum absolute atomic E-state index is 0.455. The highest BCUT2D eigenvalue weighted by atomic mass is 35.5. The fraction of sp³-hybridized carbons (Fsp3) is 0.385. The van der Waals surface area contributed by atoms with Crippen LogP contribution in [0.15, 0.2) is 18.3 Å². The second-order valence-electron chi connectivity index (χ2n) is 4.61. The van der Waals surface area contributed by atoms with Gasteiger partial charge in [-0.3, -0.25) is 4.90 Å². The SMILES string of the molecule is CC1c2ccc(Cl)c3[nH]cc(c23)CCN1C. The maximum atomic E-state index is 6.22. The fourth-order valence-corrected chi connectivity index (χ4v) is 2.80. The number of rotatable bonds is 0. The van der Waals surface area contributed by atoms with Crippen molar-refractivity contribution in [3.63, 3.8) is 0 Å². The number of hydrogen-bond donors (Lipinski definition) is 1. The van der Waals surface area contributed by atoms with Crippen molar-refractivity contribution in [3.8, 4) is 0 Å². The number of halogens is 1. The van der Waals surface area contributed by atoms with Gasteiger partial charge in [-0.2, -0.15) is 0 Å². The van der Waals surface area contributed by atoms with Crippen molar-refractivity contribution in [2.24, 2.45) is 0 Å². The van der Waals surface area contributed by atoms with Gasteiger partial charge in [-0.1, -0.05) is 17.7 Å². The highest BCUT2D eigenvalue weighted by molar-refractivity contribution is 6.35. The topological polar surface area (TPSA) is 19.0 Å². The molecule has 3 rings (SSSR count). The van der Waals surface area contributed by atoms with Crippen molar-refractivity contribution in [3.05, 3.63) is 34.5 Å². The highest BCUT2D eigenvalue weighted by Crippen LogP contribution is 2.36. The molecule has 0 spiro atoms. The van der Waals surface area contributed by atoms with E-state index in [1.165, 1.54) is 16.5 Å². The molecule has 2 nitrogen and oxygen atoms in total. The lowest BCUT2D eigenvalue weighted by Gasteiger charge is -2.23. The van der Waals surface area contributed by atoms with Crippen molar-refractivity contribution < 1.29 is 0 Å². The quantitative estimate of drug-likeness (QED) is 0.741. The van der Waals surface area contributed by atoms with E-state index in [9.17, 15) is 0 Å². The van der Waals surface area contributed by atoms with Crippen molar-refractivity contribution >= 4 is 22.5 Å². The van der Waals surface area contributed by atoms with Gasteiger partial charge in [-0.25, -0.2) is 0 Å². The third-order valence-corrected chi connectivity index (χ3v) is 4.06. The molecule has 0 fully saturated rings. The Morgan fingerprint density at radius 1 is 1.44 bits per heavy atom. The van der Waals surface area contributed by atoms with E-state index in [1.807, 2.05) is 6.07 Å². The van der Waals surface area contributed by atoms with Crippen molar-refractivity contribution in [1.82, 2.24) is 9.88 Å². The summed E-state index contributed by atoms with van der Waals surface area (Å²) in [6, 6.07) is 4.61. The van der Waals surface area contributed by atoms with Gasteiger partial charge in [0.05, 0.1) is 10.5 Å². The van der Waals surface area contributed by atoms with Crippen LogP contribution in [-0.4, -0.2) is 23.5 Å². The number of hydrogen-bond acceptors (Lipinski definition) is 1. The average molecular weight is 235 g/mol. The smallest absolute Gasteiger partial charge is 0.0649 e. The van der Waals surface area contributed by atoms with Crippen LogP contribution in [0.1, 0.15) is 24.1 Å². The first-order valence-electron chi connectivity index (χ1n) is 5.67. The molecule has 1 aliphatic rings. The molecule has 84 valence electrons. The van der Waals surface area contributed by atoms with Crippen LogP contribution in [0.5, 0.6) is 0 Å². The predicted molar refractivity (Wildman–Crippen MR) is 68.1 cm³/mol. The monoisotopic (exact) mass is 234 g/mol. The molecule has 0 amide bonds. The maximum Gasteiger partial charge on any atom is 0.0649 e. The van der Waals surface area contributed by atoms with E-state index in [1.54, 1.807) is 0 Å². The summed E-state index contributed by atoms with van der Waals surface area (Å²) in [7, 11) is 2.18. The molecule has 0 bridgehead atoms. The number of aromatic nitrogens is 1. The summed E-state index contributed by atoms with van der Waals surface area (Å²) in [5.41, 5.74) is 3.87. The second-order valence-corrected chi connectivity index (χ2v) is 5.01. The largest absolute Gasteiger partial charge is 0.360 e. The minimum Gasteiger partial charge on any atom is -0.360 e. The highest BCUT2D eigenvalue weighted by Gasteiger charge is 2.22. The molecule has 1 aromatic heterocycles. The first-order chi connectivity index (χ1) is 7.68. The van der Waals surface area contributed by atoms with Gasteiger partial charge in [0.25, 0.3) is 0 Å². The van der Waals surface area contributed by atoms with E-state index in [-0.39, 0.29) is 0 Å². The Labute approximate surface area is 100 Å². The first-order valence-corrected chi connectivity index (χ1v) is 6.05. The third kappa shape index (κ3) is 1.30. The molecule has 1 aromatic carbocycles. The lowest BCUT2D eigenvalue weighted by Crippen LogP contribution is -2.22. The molecule has 1 atom stereocenters.